The minimum absolute atomic E-state index is 0.0534. The van der Waals surface area contributed by atoms with Gasteiger partial charge >= 0.3 is 0 Å². The van der Waals surface area contributed by atoms with Crippen molar-refractivity contribution in [3.05, 3.63) is 41.1 Å². The Hall–Kier alpha value is -1.97. The highest BCUT2D eigenvalue weighted by Crippen LogP contribution is 2.29. The van der Waals surface area contributed by atoms with Gasteiger partial charge in [-0.15, -0.1) is 0 Å². The van der Waals surface area contributed by atoms with Gasteiger partial charge in [-0.05, 0) is 19.1 Å². The van der Waals surface area contributed by atoms with Crippen molar-refractivity contribution < 1.29 is 22.3 Å². The van der Waals surface area contributed by atoms with Gasteiger partial charge in [0.25, 0.3) is 10.0 Å². The Balaban J connectivity index is 1.84. The van der Waals surface area contributed by atoms with Gasteiger partial charge in [0.1, 0.15) is 17.4 Å². The highest BCUT2D eigenvalue weighted by atomic mass is 32.2. The molecule has 0 unspecified atom stereocenters. The second-order valence-electron chi connectivity index (χ2n) is 5.23. The van der Waals surface area contributed by atoms with E-state index in [0.717, 1.165) is 0 Å². The zero-order valence-corrected chi connectivity index (χ0v) is 13.5. The zero-order valence-electron chi connectivity index (χ0n) is 12.7. The Morgan fingerprint density at radius 2 is 2.22 bits per heavy atom. The van der Waals surface area contributed by atoms with Crippen LogP contribution in [-0.2, 0) is 35.0 Å². The Morgan fingerprint density at radius 1 is 1.43 bits per heavy atom. The molecule has 0 spiro atoms. The quantitative estimate of drug-likeness (QED) is 0.904. The molecule has 0 amide bonds. The standard InChI is InChI=1S/C14H16FN3O4S/c1-9-17-13(6-18(9)2)23(19,20)16-5-10-3-12(15)4-11-7-21-8-22-14(10)11/h3-4,6,16H,5,7-8H2,1-2H3. The van der Waals surface area contributed by atoms with Crippen LogP contribution in [0, 0.1) is 12.7 Å². The molecular weight excluding hydrogens is 325 g/mol. The Kier molecular flexibility index (Phi) is 4.09. The third-order valence-corrected chi connectivity index (χ3v) is 4.84. The van der Waals surface area contributed by atoms with Crippen molar-refractivity contribution in [1.82, 2.24) is 14.3 Å². The molecule has 2 aromatic rings. The van der Waals surface area contributed by atoms with E-state index in [1.54, 1.807) is 18.5 Å². The van der Waals surface area contributed by atoms with Gasteiger partial charge in [-0.2, -0.15) is 0 Å². The van der Waals surface area contributed by atoms with Crippen LogP contribution in [0.1, 0.15) is 17.0 Å². The fourth-order valence-electron chi connectivity index (χ4n) is 2.29. The van der Waals surface area contributed by atoms with E-state index in [0.29, 0.717) is 22.7 Å². The second-order valence-corrected chi connectivity index (χ2v) is 6.94. The summed E-state index contributed by atoms with van der Waals surface area (Å²) in [7, 11) is -2.08. The fraction of sp³-hybridized carbons (Fsp3) is 0.357. The maximum absolute atomic E-state index is 13.7. The third kappa shape index (κ3) is 3.21. The molecule has 0 bridgehead atoms. The van der Waals surface area contributed by atoms with Gasteiger partial charge in [-0.25, -0.2) is 22.5 Å². The molecule has 0 aliphatic carbocycles. The number of sulfonamides is 1. The lowest BCUT2D eigenvalue weighted by atomic mass is 10.1. The SMILES string of the molecule is Cc1nc(S(=O)(=O)NCc2cc(F)cc3c2OCOC3)cn1C. The number of hydrogen-bond acceptors (Lipinski definition) is 5. The number of nitrogens with zero attached hydrogens (tertiary/aromatic N) is 2. The predicted octanol–water partition coefficient (Wildman–Crippen LogP) is 1.21. The number of aromatic nitrogens is 2. The number of imidazole rings is 1. The molecule has 1 aromatic carbocycles. The molecule has 3 rings (SSSR count). The average Bonchev–Trinajstić information content (AvgIpc) is 2.85. The van der Waals surface area contributed by atoms with E-state index >= 15 is 0 Å². The number of halogens is 1. The molecular formula is C14H16FN3O4S. The molecule has 1 N–H and O–H groups in total. The molecule has 1 aromatic heterocycles. The van der Waals surface area contributed by atoms with Crippen LogP contribution < -0.4 is 9.46 Å². The highest BCUT2D eigenvalue weighted by Gasteiger charge is 2.21. The molecule has 0 radical (unpaired) electrons. The van der Waals surface area contributed by atoms with Crippen LogP contribution in [0.25, 0.3) is 0 Å². The van der Waals surface area contributed by atoms with E-state index in [1.165, 1.54) is 18.3 Å². The van der Waals surface area contributed by atoms with Crippen molar-refractivity contribution >= 4 is 10.0 Å². The number of fused-ring (bicyclic) bond motifs is 1. The predicted molar refractivity (Wildman–Crippen MR) is 78.7 cm³/mol. The molecule has 0 atom stereocenters. The summed E-state index contributed by atoms with van der Waals surface area (Å²) in [6, 6.07) is 2.56. The first-order valence-electron chi connectivity index (χ1n) is 6.88. The Labute approximate surface area is 133 Å². The first-order valence-corrected chi connectivity index (χ1v) is 8.36. The van der Waals surface area contributed by atoms with Gasteiger partial charge in [0, 0.05) is 30.9 Å². The zero-order chi connectivity index (χ0) is 16.6. The van der Waals surface area contributed by atoms with Crippen molar-refractivity contribution in [1.29, 1.82) is 0 Å². The van der Waals surface area contributed by atoms with Crippen LogP contribution in [0.15, 0.2) is 23.4 Å². The lowest BCUT2D eigenvalue weighted by molar-refractivity contribution is -0.0172. The minimum atomic E-state index is -3.79. The Bertz CT molecular complexity index is 828. The van der Waals surface area contributed by atoms with E-state index in [-0.39, 0.29) is 25.0 Å². The number of benzene rings is 1. The van der Waals surface area contributed by atoms with Crippen LogP contribution in [0.3, 0.4) is 0 Å². The molecule has 9 heteroatoms. The molecule has 7 nitrogen and oxygen atoms in total. The molecule has 0 saturated carbocycles. The summed E-state index contributed by atoms with van der Waals surface area (Å²) in [5.74, 6) is 0.562. The first kappa shape index (κ1) is 15.9. The monoisotopic (exact) mass is 341 g/mol. The first-order chi connectivity index (χ1) is 10.9. The summed E-state index contributed by atoms with van der Waals surface area (Å²) in [6.45, 7) is 1.89. The summed E-state index contributed by atoms with van der Waals surface area (Å²) >= 11 is 0. The topological polar surface area (TPSA) is 82.5 Å². The Morgan fingerprint density at radius 3 is 2.91 bits per heavy atom. The molecule has 124 valence electrons. The lowest BCUT2D eigenvalue weighted by Gasteiger charge is -2.20. The number of nitrogens with one attached hydrogen (secondary N) is 1. The molecule has 23 heavy (non-hydrogen) atoms. The lowest BCUT2D eigenvalue weighted by Crippen LogP contribution is -2.25. The van der Waals surface area contributed by atoms with Crippen molar-refractivity contribution in [3.63, 3.8) is 0 Å². The largest absolute Gasteiger partial charge is 0.467 e. The van der Waals surface area contributed by atoms with Gasteiger partial charge in [0.05, 0.1) is 6.61 Å². The number of hydrogen-bond donors (Lipinski definition) is 1. The van der Waals surface area contributed by atoms with Crippen molar-refractivity contribution in [2.75, 3.05) is 6.79 Å². The summed E-state index contributed by atoms with van der Waals surface area (Å²) in [5, 5.41) is -0.0768. The van der Waals surface area contributed by atoms with E-state index in [4.69, 9.17) is 9.47 Å². The molecule has 0 fully saturated rings. The van der Waals surface area contributed by atoms with E-state index in [1.807, 2.05) is 0 Å². The van der Waals surface area contributed by atoms with Crippen molar-refractivity contribution in [3.8, 4) is 5.75 Å². The summed E-state index contributed by atoms with van der Waals surface area (Å²) in [4.78, 5) is 3.99. The summed E-state index contributed by atoms with van der Waals surface area (Å²) in [6.07, 6.45) is 1.42. The van der Waals surface area contributed by atoms with Crippen molar-refractivity contribution in [2.45, 2.75) is 25.1 Å². The van der Waals surface area contributed by atoms with Gasteiger partial charge < -0.3 is 14.0 Å². The fourth-order valence-corrected chi connectivity index (χ4v) is 3.33. The van der Waals surface area contributed by atoms with Crippen LogP contribution in [0.4, 0.5) is 4.39 Å². The second kappa shape index (κ2) is 5.91. The third-order valence-electron chi connectivity index (χ3n) is 3.57. The minimum Gasteiger partial charge on any atom is -0.467 e. The van der Waals surface area contributed by atoms with Gasteiger partial charge in [0.15, 0.2) is 11.8 Å². The normalized spacial score (nSPS) is 14.4. The number of rotatable bonds is 4. The van der Waals surface area contributed by atoms with E-state index in [2.05, 4.69) is 9.71 Å². The van der Waals surface area contributed by atoms with Crippen LogP contribution in [0.2, 0.25) is 0 Å². The summed E-state index contributed by atoms with van der Waals surface area (Å²) < 4.78 is 52.7. The van der Waals surface area contributed by atoms with Crippen molar-refractivity contribution in [2.24, 2.45) is 7.05 Å². The van der Waals surface area contributed by atoms with Crippen LogP contribution >= 0.6 is 0 Å². The highest BCUT2D eigenvalue weighted by molar-refractivity contribution is 7.89. The maximum Gasteiger partial charge on any atom is 0.259 e. The molecule has 1 aliphatic rings. The van der Waals surface area contributed by atoms with Crippen LogP contribution in [0.5, 0.6) is 5.75 Å². The summed E-state index contributed by atoms with van der Waals surface area (Å²) in [5.41, 5.74) is 0.971. The maximum atomic E-state index is 13.7. The van der Waals surface area contributed by atoms with Gasteiger partial charge in [0.2, 0.25) is 0 Å². The number of aryl methyl sites for hydroxylation is 2. The molecule has 1 aliphatic heterocycles. The van der Waals surface area contributed by atoms with Gasteiger partial charge in [-0.3, -0.25) is 0 Å². The molecule has 0 saturated heterocycles. The number of ether oxygens (including phenoxy) is 2. The van der Waals surface area contributed by atoms with Gasteiger partial charge in [-0.1, -0.05) is 0 Å². The van der Waals surface area contributed by atoms with E-state index in [9.17, 15) is 12.8 Å². The van der Waals surface area contributed by atoms with Crippen LogP contribution in [-0.4, -0.2) is 24.8 Å². The smallest absolute Gasteiger partial charge is 0.259 e. The average molecular weight is 341 g/mol. The molecule has 2 heterocycles. The van der Waals surface area contributed by atoms with E-state index < -0.39 is 15.8 Å².